The summed E-state index contributed by atoms with van der Waals surface area (Å²) in [6.07, 6.45) is 4.89. The number of hydrogen-bond acceptors (Lipinski definition) is 5. The first kappa shape index (κ1) is 15.6. The van der Waals surface area contributed by atoms with Gasteiger partial charge in [-0.15, -0.1) is 0 Å². The average Bonchev–Trinajstić information content (AvgIpc) is 3.34. The highest BCUT2D eigenvalue weighted by Crippen LogP contribution is 2.52. The van der Waals surface area contributed by atoms with E-state index in [1.165, 1.54) is 18.2 Å². The highest BCUT2D eigenvalue weighted by Gasteiger charge is 2.59. The molecule has 1 aromatic carbocycles. The van der Waals surface area contributed by atoms with Gasteiger partial charge in [0, 0.05) is 0 Å². The number of fused-ring (bicyclic) bond motifs is 6. The molecular weight excluding hydrogens is 357 g/mol. The molecular formula is C18H14FN3O3S. The second-order valence-electron chi connectivity index (χ2n) is 6.94. The van der Waals surface area contributed by atoms with Crippen LogP contribution in [0.4, 0.5) is 9.52 Å². The Kier molecular flexibility index (Phi) is 3.27. The molecule has 3 aliphatic rings. The van der Waals surface area contributed by atoms with Gasteiger partial charge in [-0.25, -0.2) is 9.37 Å². The van der Waals surface area contributed by atoms with Crippen molar-refractivity contribution in [2.75, 3.05) is 11.9 Å². The van der Waals surface area contributed by atoms with Crippen molar-refractivity contribution in [3.05, 3.63) is 36.2 Å². The van der Waals surface area contributed by atoms with Crippen molar-refractivity contribution in [2.45, 2.75) is 6.42 Å². The minimum Gasteiger partial charge on any atom is -0.300 e. The number of thiazole rings is 1. The van der Waals surface area contributed by atoms with E-state index in [9.17, 15) is 18.8 Å². The Bertz CT molecular complexity index is 971. The molecule has 0 spiro atoms. The largest absolute Gasteiger partial charge is 0.300 e. The van der Waals surface area contributed by atoms with E-state index in [-0.39, 0.29) is 47.8 Å². The van der Waals surface area contributed by atoms with Gasteiger partial charge in [-0.2, -0.15) is 0 Å². The van der Waals surface area contributed by atoms with E-state index in [1.807, 2.05) is 12.2 Å². The van der Waals surface area contributed by atoms with Crippen molar-refractivity contribution < 1.29 is 18.8 Å². The number of allylic oxidation sites excluding steroid dienone is 2. The highest BCUT2D eigenvalue weighted by molar-refractivity contribution is 7.22. The van der Waals surface area contributed by atoms with Crippen LogP contribution < -0.4 is 5.32 Å². The van der Waals surface area contributed by atoms with E-state index in [0.717, 1.165) is 22.7 Å². The van der Waals surface area contributed by atoms with Gasteiger partial charge < -0.3 is 5.32 Å². The summed E-state index contributed by atoms with van der Waals surface area (Å²) >= 11 is 1.15. The van der Waals surface area contributed by atoms with E-state index in [0.29, 0.717) is 15.3 Å². The zero-order valence-electron chi connectivity index (χ0n) is 13.5. The van der Waals surface area contributed by atoms with Crippen molar-refractivity contribution in [1.29, 1.82) is 0 Å². The van der Waals surface area contributed by atoms with E-state index in [4.69, 9.17) is 0 Å². The topological polar surface area (TPSA) is 79.4 Å². The van der Waals surface area contributed by atoms with Crippen LogP contribution >= 0.6 is 11.3 Å². The van der Waals surface area contributed by atoms with Crippen LogP contribution in [0, 0.1) is 29.5 Å². The normalized spacial score (nSPS) is 29.0. The van der Waals surface area contributed by atoms with E-state index < -0.39 is 5.91 Å². The van der Waals surface area contributed by atoms with Crippen LogP contribution in [0.2, 0.25) is 0 Å². The van der Waals surface area contributed by atoms with E-state index >= 15 is 0 Å². The fraction of sp³-hybridized carbons (Fsp3) is 0.333. The summed E-state index contributed by atoms with van der Waals surface area (Å²) in [7, 11) is 0. The Hall–Kier alpha value is -2.61. The van der Waals surface area contributed by atoms with Crippen molar-refractivity contribution >= 4 is 44.4 Å². The van der Waals surface area contributed by atoms with E-state index in [2.05, 4.69) is 10.3 Å². The van der Waals surface area contributed by atoms with E-state index in [1.54, 1.807) is 0 Å². The molecule has 4 atom stereocenters. The number of rotatable bonds is 3. The molecule has 5 rings (SSSR count). The number of hydrogen-bond donors (Lipinski definition) is 1. The van der Waals surface area contributed by atoms with Crippen LogP contribution in [0.15, 0.2) is 30.4 Å². The minimum absolute atomic E-state index is 0.119. The lowest BCUT2D eigenvalue weighted by molar-refractivity contribution is -0.143. The van der Waals surface area contributed by atoms with Crippen LogP contribution in [0.3, 0.4) is 0 Å². The summed E-state index contributed by atoms with van der Waals surface area (Å²) in [5, 5.41) is 2.92. The molecule has 1 saturated carbocycles. The molecule has 2 aromatic rings. The summed E-state index contributed by atoms with van der Waals surface area (Å²) in [6, 6.07) is 4.19. The van der Waals surface area contributed by atoms with Gasteiger partial charge in [-0.1, -0.05) is 23.5 Å². The molecule has 0 radical (unpaired) electrons. The number of carbonyl (C=O) groups excluding carboxylic acids is 3. The van der Waals surface area contributed by atoms with Gasteiger partial charge in [-0.05, 0) is 36.5 Å². The lowest BCUT2D eigenvalue weighted by atomic mass is 9.85. The molecule has 3 amide bonds. The molecule has 6 nitrogen and oxygen atoms in total. The molecule has 132 valence electrons. The lowest BCUT2D eigenvalue weighted by Gasteiger charge is -2.16. The standard InChI is InChI=1S/C18H14FN3O3S/c19-10-3-4-11-12(6-10)26-18(20-11)21-13(23)7-22-16(24)14-8-1-2-9(5-8)15(14)17(22)25/h1-4,6,8-9,14-15H,5,7H2,(H,20,21,23). The van der Waals surface area contributed by atoms with Crippen molar-refractivity contribution in [2.24, 2.45) is 23.7 Å². The summed E-state index contributed by atoms with van der Waals surface area (Å²) < 4.78 is 13.9. The number of carbonyl (C=O) groups is 3. The van der Waals surface area contributed by atoms with Crippen LogP contribution in [0.5, 0.6) is 0 Å². The number of nitrogens with one attached hydrogen (secondary N) is 1. The molecule has 2 aliphatic carbocycles. The molecule has 1 N–H and O–H groups in total. The van der Waals surface area contributed by atoms with Gasteiger partial charge >= 0.3 is 0 Å². The zero-order valence-corrected chi connectivity index (χ0v) is 14.3. The number of amides is 3. The van der Waals surface area contributed by atoms with Gasteiger partial charge in [-0.3, -0.25) is 19.3 Å². The summed E-state index contributed by atoms with van der Waals surface area (Å²) in [4.78, 5) is 42.8. The third kappa shape index (κ3) is 2.21. The second-order valence-corrected chi connectivity index (χ2v) is 7.97. The number of benzene rings is 1. The smallest absolute Gasteiger partial charge is 0.246 e. The third-order valence-corrected chi connectivity index (χ3v) is 6.39. The maximum Gasteiger partial charge on any atom is 0.246 e. The van der Waals surface area contributed by atoms with Gasteiger partial charge in [0.25, 0.3) is 0 Å². The molecule has 2 fully saturated rings. The Labute approximate surface area is 151 Å². The maximum absolute atomic E-state index is 13.3. The molecule has 8 heteroatoms. The molecule has 1 aromatic heterocycles. The fourth-order valence-corrected chi connectivity index (χ4v) is 5.28. The van der Waals surface area contributed by atoms with Crippen LogP contribution in [-0.4, -0.2) is 34.2 Å². The lowest BCUT2D eigenvalue weighted by Crippen LogP contribution is -2.39. The summed E-state index contributed by atoms with van der Waals surface area (Å²) in [5.41, 5.74) is 0.581. The Morgan fingerprint density at radius 3 is 2.62 bits per heavy atom. The molecule has 2 bridgehead atoms. The predicted molar refractivity (Wildman–Crippen MR) is 92.6 cm³/mol. The van der Waals surface area contributed by atoms with Gasteiger partial charge in [0.1, 0.15) is 12.4 Å². The molecule has 1 aliphatic heterocycles. The predicted octanol–water partition coefficient (Wildman–Crippen LogP) is 2.18. The SMILES string of the molecule is O=C(CN1C(=O)C2C3C=CC(C3)C2C1=O)Nc1nc2ccc(F)cc2s1. The fourth-order valence-electron chi connectivity index (χ4n) is 4.37. The maximum atomic E-state index is 13.3. The number of aromatic nitrogens is 1. The first-order valence-corrected chi connectivity index (χ1v) is 9.22. The third-order valence-electron chi connectivity index (χ3n) is 5.46. The van der Waals surface area contributed by atoms with Gasteiger partial charge in [0.05, 0.1) is 22.1 Å². The molecule has 26 heavy (non-hydrogen) atoms. The molecule has 4 unspecified atom stereocenters. The van der Waals surface area contributed by atoms with Crippen molar-refractivity contribution in [1.82, 2.24) is 9.88 Å². The molecule has 2 heterocycles. The minimum atomic E-state index is -0.480. The summed E-state index contributed by atoms with van der Waals surface area (Å²) in [5.74, 6) is -1.74. The monoisotopic (exact) mass is 371 g/mol. The van der Waals surface area contributed by atoms with Crippen LogP contribution in [0.25, 0.3) is 10.2 Å². The average molecular weight is 371 g/mol. The number of anilines is 1. The number of imide groups is 1. The van der Waals surface area contributed by atoms with Crippen molar-refractivity contribution in [3.63, 3.8) is 0 Å². The summed E-state index contributed by atoms with van der Waals surface area (Å²) in [6.45, 7) is -0.311. The quantitative estimate of drug-likeness (QED) is 0.663. The first-order valence-electron chi connectivity index (χ1n) is 8.41. The van der Waals surface area contributed by atoms with Crippen molar-refractivity contribution in [3.8, 4) is 0 Å². The zero-order chi connectivity index (χ0) is 18.0. The van der Waals surface area contributed by atoms with Crippen LogP contribution in [0.1, 0.15) is 6.42 Å². The number of likely N-dealkylation sites (tertiary alicyclic amines) is 1. The van der Waals surface area contributed by atoms with Gasteiger partial charge in [0.15, 0.2) is 5.13 Å². The number of halogens is 1. The Balaban J connectivity index is 1.31. The highest BCUT2D eigenvalue weighted by atomic mass is 32.1. The number of nitrogens with zero attached hydrogens (tertiary/aromatic N) is 2. The second kappa shape index (κ2) is 5.44. The first-order chi connectivity index (χ1) is 12.5. The Morgan fingerprint density at radius 2 is 1.92 bits per heavy atom. The van der Waals surface area contributed by atoms with Gasteiger partial charge in [0.2, 0.25) is 17.7 Å². The Morgan fingerprint density at radius 1 is 1.23 bits per heavy atom. The molecule has 1 saturated heterocycles. The van der Waals surface area contributed by atoms with Crippen LogP contribution in [-0.2, 0) is 14.4 Å².